The van der Waals surface area contributed by atoms with Crippen molar-refractivity contribution in [1.82, 2.24) is 5.32 Å². The molecule has 15 heavy (non-hydrogen) atoms. The molecule has 2 rings (SSSR count). The Morgan fingerprint density at radius 1 is 1.07 bits per heavy atom. The van der Waals surface area contributed by atoms with Crippen molar-refractivity contribution < 1.29 is 0 Å². The van der Waals surface area contributed by atoms with Gasteiger partial charge in [0.1, 0.15) is 0 Å². The molecule has 0 aliphatic heterocycles. The van der Waals surface area contributed by atoms with E-state index in [0.29, 0.717) is 16.8 Å². The third kappa shape index (κ3) is 2.50. The van der Waals surface area contributed by atoms with Gasteiger partial charge in [0.25, 0.3) is 0 Å². The lowest BCUT2D eigenvalue weighted by Gasteiger charge is -2.50. The molecule has 0 bridgehead atoms. The molecule has 0 heterocycles. The van der Waals surface area contributed by atoms with Crippen LogP contribution in [-0.2, 0) is 0 Å². The number of rotatable bonds is 2. The summed E-state index contributed by atoms with van der Waals surface area (Å²) in [6, 6.07) is 1.42. The lowest BCUT2D eigenvalue weighted by atomic mass is 9.66. The van der Waals surface area contributed by atoms with Crippen molar-refractivity contribution in [2.24, 2.45) is 5.41 Å². The van der Waals surface area contributed by atoms with Gasteiger partial charge in [0.05, 0.1) is 0 Å². The Kier molecular flexibility index (Phi) is 3.62. The Morgan fingerprint density at radius 2 is 1.67 bits per heavy atom. The molecule has 0 aromatic carbocycles. The minimum atomic E-state index is 0.299. The summed E-state index contributed by atoms with van der Waals surface area (Å²) in [5.41, 5.74) is 0.299. The molecule has 2 aliphatic carbocycles. The first-order chi connectivity index (χ1) is 7.10. The third-order valence-corrected chi connectivity index (χ3v) is 5.18. The van der Waals surface area contributed by atoms with Crippen LogP contribution in [0.4, 0.5) is 0 Å². The van der Waals surface area contributed by atoms with E-state index in [1.54, 1.807) is 0 Å². The molecular formula is C13H24ClN. The maximum Gasteiger partial charge on any atom is 0.0416 e. The van der Waals surface area contributed by atoms with E-state index in [2.05, 4.69) is 19.2 Å². The topological polar surface area (TPSA) is 12.0 Å². The van der Waals surface area contributed by atoms with E-state index < -0.39 is 0 Å². The molecule has 0 aromatic rings. The number of alkyl halides is 1. The molecular weight excluding hydrogens is 206 g/mol. The van der Waals surface area contributed by atoms with E-state index >= 15 is 0 Å². The highest BCUT2D eigenvalue weighted by atomic mass is 35.5. The van der Waals surface area contributed by atoms with Crippen molar-refractivity contribution in [2.75, 3.05) is 0 Å². The monoisotopic (exact) mass is 229 g/mol. The van der Waals surface area contributed by atoms with Crippen LogP contribution in [0.2, 0.25) is 0 Å². The first kappa shape index (κ1) is 11.7. The zero-order valence-corrected chi connectivity index (χ0v) is 10.8. The first-order valence-corrected chi connectivity index (χ1v) is 6.94. The van der Waals surface area contributed by atoms with Gasteiger partial charge in [0, 0.05) is 17.5 Å². The number of hydrogen-bond acceptors (Lipinski definition) is 1. The summed E-state index contributed by atoms with van der Waals surface area (Å²) in [6.07, 6.45) is 9.60. The maximum absolute atomic E-state index is 6.25. The van der Waals surface area contributed by atoms with Gasteiger partial charge in [-0.3, -0.25) is 0 Å². The van der Waals surface area contributed by atoms with Crippen molar-refractivity contribution in [1.29, 1.82) is 0 Å². The molecule has 2 heteroatoms. The van der Waals surface area contributed by atoms with Crippen molar-refractivity contribution in [2.45, 2.75) is 76.3 Å². The van der Waals surface area contributed by atoms with E-state index in [9.17, 15) is 0 Å². The van der Waals surface area contributed by atoms with Crippen molar-refractivity contribution in [3.63, 3.8) is 0 Å². The van der Waals surface area contributed by atoms with Gasteiger partial charge in [-0.2, -0.15) is 0 Å². The molecule has 2 saturated carbocycles. The lowest BCUT2D eigenvalue weighted by Crippen LogP contribution is -2.60. The summed E-state index contributed by atoms with van der Waals surface area (Å²) in [4.78, 5) is 0. The molecule has 1 nitrogen and oxygen atoms in total. The number of nitrogens with one attached hydrogen (secondary N) is 1. The largest absolute Gasteiger partial charge is 0.311 e. The minimum Gasteiger partial charge on any atom is -0.311 e. The van der Waals surface area contributed by atoms with Gasteiger partial charge >= 0.3 is 0 Å². The van der Waals surface area contributed by atoms with Gasteiger partial charge < -0.3 is 5.32 Å². The molecule has 88 valence electrons. The minimum absolute atomic E-state index is 0.299. The van der Waals surface area contributed by atoms with Crippen LogP contribution in [0.1, 0.15) is 58.8 Å². The molecule has 0 saturated heterocycles. The van der Waals surface area contributed by atoms with E-state index in [4.69, 9.17) is 11.6 Å². The van der Waals surface area contributed by atoms with Crippen LogP contribution in [0.5, 0.6) is 0 Å². The second-order valence-corrected chi connectivity index (χ2v) is 6.46. The summed E-state index contributed by atoms with van der Waals surface area (Å²) < 4.78 is 0. The number of halogens is 1. The van der Waals surface area contributed by atoms with Gasteiger partial charge in [-0.1, -0.05) is 39.5 Å². The normalized spacial score (nSPS) is 37.0. The highest BCUT2D eigenvalue weighted by Crippen LogP contribution is 2.44. The summed E-state index contributed by atoms with van der Waals surface area (Å²) in [5.74, 6) is 0. The highest BCUT2D eigenvalue weighted by molar-refractivity contribution is 6.21. The third-order valence-electron chi connectivity index (χ3n) is 4.44. The first-order valence-electron chi connectivity index (χ1n) is 6.51. The Balaban J connectivity index is 1.81. The molecule has 2 atom stereocenters. The SMILES string of the molecule is CC1(C)C(Cl)CC1NC1CCCCCC1. The van der Waals surface area contributed by atoms with Crippen LogP contribution in [-0.4, -0.2) is 17.5 Å². The number of hydrogen-bond donors (Lipinski definition) is 1. The van der Waals surface area contributed by atoms with Gasteiger partial charge in [-0.25, -0.2) is 0 Å². The molecule has 2 aliphatic rings. The van der Waals surface area contributed by atoms with Crippen molar-refractivity contribution in [3.05, 3.63) is 0 Å². The quantitative estimate of drug-likeness (QED) is 0.563. The molecule has 0 aromatic heterocycles. The van der Waals surface area contributed by atoms with E-state index in [1.165, 1.54) is 38.5 Å². The second-order valence-electron chi connectivity index (χ2n) is 5.93. The fourth-order valence-corrected chi connectivity index (χ4v) is 3.22. The molecule has 0 spiro atoms. The molecule has 1 N–H and O–H groups in total. The average molecular weight is 230 g/mol. The summed E-state index contributed by atoms with van der Waals surface area (Å²) in [6.45, 7) is 4.59. The summed E-state index contributed by atoms with van der Waals surface area (Å²) in [5, 5.41) is 4.21. The molecule has 2 unspecified atom stereocenters. The lowest BCUT2D eigenvalue weighted by molar-refractivity contribution is 0.102. The van der Waals surface area contributed by atoms with E-state index in [1.807, 2.05) is 0 Å². The zero-order chi connectivity index (χ0) is 10.9. The van der Waals surface area contributed by atoms with Gasteiger partial charge in [0.15, 0.2) is 0 Å². The van der Waals surface area contributed by atoms with Crippen molar-refractivity contribution in [3.8, 4) is 0 Å². The summed E-state index contributed by atoms with van der Waals surface area (Å²) in [7, 11) is 0. The molecule has 0 radical (unpaired) electrons. The Bertz CT molecular complexity index is 207. The molecule has 0 amide bonds. The van der Waals surface area contributed by atoms with Crippen LogP contribution in [0.25, 0.3) is 0 Å². The van der Waals surface area contributed by atoms with Crippen LogP contribution < -0.4 is 5.32 Å². The van der Waals surface area contributed by atoms with Crippen LogP contribution >= 0.6 is 11.6 Å². The van der Waals surface area contributed by atoms with E-state index in [-0.39, 0.29) is 0 Å². The molecule has 2 fully saturated rings. The average Bonchev–Trinajstić information content (AvgIpc) is 2.46. The fourth-order valence-electron chi connectivity index (χ4n) is 2.89. The van der Waals surface area contributed by atoms with Crippen LogP contribution in [0.3, 0.4) is 0 Å². The Morgan fingerprint density at radius 3 is 2.13 bits per heavy atom. The Hall–Kier alpha value is 0.250. The highest BCUT2D eigenvalue weighted by Gasteiger charge is 2.47. The Labute approximate surface area is 99.0 Å². The second kappa shape index (κ2) is 4.63. The predicted octanol–water partition coefficient (Wildman–Crippen LogP) is 3.70. The van der Waals surface area contributed by atoms with Crippen LogP contribution in [0, 0.1) is 5.41 Å². The van der Waals surface area contributed by atoms with Gasteiger partial charge in [0.2, 0.25) is 0 Å². The van der Waals surface area contributed by atoms with Gasteiger partial charge in [-0.15, -0.1) is 11.6 Å². The van der Waals surface area contributed by atoms with E-state index in [0.717, 1.165) is 12.5 Å². The maximum atomic E-state index is 6.25. The van der Waals surface area contributed by atoms with Crippen LogP contribution in [0.15, 0.2) is 0 Å². The zero-order valence-electron chi connectivity index (χ0n) is 10.1. The van der Waals surface area contributed by atoms with Gasteiger partial charge in [-0.05, 0) is 24.7 Å². The smallest absolute Gasteiger partial charge is 0.0416 e. The standard InChI is InChI=1S/C13H24ClN/c1-13(2)11(14)9-12(13)15-10-7-5-3-4-6-8-10/h10-12,15H,3-9H2,1-2H3. The van der Waals surface area contributed by atoms with Crippen molar-refractivity contribution >= 4 is 11.6 Å². The predicted molar refractivity (Wildman–Crippen MR) is 66.5 cm³/mol. The summed E-state index contributed by atoms with van der Waals surface area (Å²) >= 11 is 6.25. The fraction of sp³-hybridized carbons (Fsp3) is 1.00.